The number of quaternary nitrogens is 1. The Balaban J connectivity index is 1.85. The van der Waals surface area contributed by atoms with E-state index >= 15 is 0 Å². The molecular formula is C22H28N3O3+. The second kappa shape index (κ2) is 7.29. The molecule has 2 N–H and O–H groups in total. The normalized spacial score (nSPS) is 29.2. The maximum Gasteiger partial charge on any atom is 0.294 e. The predicted octanol–water partition coefficient (Wildman–Crippen LogP) is 3.79. The third-order valence-corrected chi connectivity index (χ3v) is 5.77. The molecule has 3 aliphatic heterocycles. The van der Waals surface area contributed by atoms with Gasteiger partial charge in [0.15, 0.2) is 5.70 Å². The number of hydrogen-bond donors (Lipinski definition) is 2. The van der Waals surface area contributed by atoms with E-state index in [1.54, 1.807) is 7.11 Å². The summed E-state index contributed by atoms with van der Waals surface area (Å²) in [6.07, 6.45) is 2.55. The molecule has 1 unspecified atom stereocenters. The van der Waals surface area contributed by atoms with Crippen LogP contribution in [0.15, 0.2) is 69.8 Å². The van der Waals surface area contributed by atoms with Gasteiger partial charge in [0.2, 0.25) is 0 Å². The highest BCUT2D eigenvalue weighted by molar-refractivity contribution is 5.98. The summed E-state index contributed by atoms with van der Waals surface area (Å²) in [6.45, 7) is 6.87. The Morgan fingerprint density at radius 2 is 2.00 bits per heavy atom. The minimum absolute atomic E-state index is 0.0794. The molecule has 0 amide bonds. The molecule has 0 saturated carbocycles. The first-order chi connectivity index (χ1) is 13.5. The Labute approximate surface area is 166 Å². The summed E-state index contributed by atoms with van der Waals surface area (Å²) in [7, 11) is 1.67. The van der Waals surface area contributed by atoms with Crippen molar-refractivity contribution in [3.8, 4) is 0 Å². The number of ether oxygens (including phenoxy) is 2. The summed E-state index contributed by atoms with van der Waals surface area (Å²) in [5.41, 5.74) is 5.65. The third-order valence-electron chi connectivity index (χ3n) is 5.77. The van der Waals surface area contributed by atoms with Gasteiger partial charge in [0.05, 0.1) is 18.8 Å². The van der Waals surface area contributed by atoms with E-state index < -0.39 is 4.65 Å². The van der Waals surface area contributed by atoms with Crippen LogP contribution in [0.25, 0.3) is 0 Å². The van der Waals surface area contributed by atoms with Gasteiger partial charge in [0.1, 0.15) is 17.6 Å². The fourth-order valence-corrected chi connectivity index (χ4v) is 4.28. The molecule has 0 saturated heterocycles. The van der Waals surface area contributed by atoms with E-state index in [1.165, 1.54) is 5.56 Å². The van der Waals surface area contributed by atoms with Gasteiger partial charge in [-0.05, 0) is 19.4 Å². The molecule has 1 aromatic carbocycles. The van der Waals surface area contributed by atoms with E-state index in [0.29, 0.717) is 19.0 Å². The van der Waals surface area contributed by atoms with Crippen molar-refractivity contribution in [2.24, 2.45) is 4.99 Å². The molecule has 6 heteroatoms. The van der Waals surface area contributed by atoms with Gasteiger partial charge in [-0.2, -0.15) is 10.2 Å². The Morgan fingerprint density at radius 3 is 2.68 bits per heavy atom. The van der Waals surface area contributed by atoms with Crippen LogP contribution in [0.5, 0.6) is 0 Å². The van der Waals surface area contributed by atoms with Crippen molar-refractivity contribution in [2.45, 2.75) is 39.3 Å². The fourth-order valence-electron chi connectivity index (χ4n) is 4.28. The quantitative estimate of drug-likeness (QED) is 0.761. The van der Waals surface area contributed by atoms with Crippen LogP contribution in [0.1, 0.15) is 38.8 Å². The standard InChI is InChI=1S/C22H28N3O3/c1-5-28-19-11-18(16-9-7-6-8-10-16)24-21-20(19)17(13-27-4)12-25(26)15(3)14(2)23-22(21)25/h6-10,12,18-19,24,26H,5,11,13H2,1-4H3/q+1/t18-,19+,25?/m1/s1. The monoisotopic (exact) mass is 382 g/mol. The maximum atomic E-state index is 11.5. The molecule has 0 fully saturated rings. The summed E-state index contributed by atoms with van der Waals surface area (Å²) in [6, 6.07) is 10.4. The molecule has 0 radical (unpaired) electrons. The van der Waals surface area contributed by atoms with E-state index in [-0.39, 0.29) is 12.1 Å². The molecule has 0 spiro atoms. The molecule has 3 atom stereocenters. The van der Waals surface area contributed by atoms with Crippen molar-refractivity contribution in [3.05, 3.63) is 70.3 Å². The van der Waals surface area contributed by atoms with Crippen LogP contribution >= 0.6 is 0 Å². The Bertz CT molecular complexity index is 901. The molecule has 4 rings (SSSR count). The van der Waals surface area contributed by atoms with E-state index in [1.807, 2.05) is 45.2 Å². The summed E-state index contributed by atoms with van der Waals surface area (Å²) >= 11 is 0. The predicted molar refractivity (Wildman–Crippen MR) is 107 cm³/mol. The first kappa shape index (κ1) is 19.1. The van der Waals surface area contributed by atoms with E-state index in [2.05, 4.69) is 17.4 Å². The van der Waals surface area contributed by atoms with Crippen LogP contribution < -0.4 is 5.32 Å². The van der Waals surface area contributed by atoms with Gasteiger partial charge in [0.25, 0.3) is 5.84 Å². The Hall–Kier alpha value is -2.25. The Morgan fingerprint density at radius 1 is 1.25 bits per heavy atom. The molecule has 0 aromatic heterocycles. The highest BCUT2D eigenvalue weighted by Gasteiger charge is 2.51. The molecule has 1 aromatic rings. The molecule has 148 valence electrons. The molecule has 3 aliphatic rings. The van der Waals surface area contributed by atoms with Gasteiger partial charge < -0.3 is 14.8 Å². The smallest absolute Gasteiger partial charge is 0.294 e. The molecule has 6 nitrogen and oxygen atoms in total. The number of rotatable bonds is 5. The van der Waals surface area contributed by atoms with E-state index in [4.69, 9.17) is 14.5 Å². The average Bonchev–Trinajstić information content (AvgIpc) is 2.93. The fraction of sp³-hybridized carbons (Fsp3) is 0.409. The first-order valence-electron chi connectivity index (χ1n) is 9.77. The number of methoxy groups -OCH3 is 1. The van der Waals surface area contributed by atoms with Crippen LogP contribution in [0.2, 0.25) is 0 Å². The van der Waals surface area contributed by atoms with Crippen molar-refractivity contribution >= 4 is 5.84 Å². The third kappa shape index (κ3) is 2.93. The van der Waals surface area contributed by atoms with Gasteiger partial charge in [-0.3, -0.25) is 0 Å². The lowest BCUT2D eigenvalue weighted by atomic mass is 9.85. The van der Waals surface area contributed by atoms with Gasteiger partial charge in [-0.1, -0.05) is 35.0 Å². The largest absolute Gasteiger partial charge is 0.380 e. The highest BCUT2D eigenvalue weighted by Crippen LogP contribution is 2.43. The van der Waals surface area contributed by atoms with Gasteiger partial charge in [-0.15, -0.1) is 0 Å². The van der Waals surface area contributed by atoms with Gasteiger partial charge in [0, 0.05) is 38.2 Å². The topological polar surface area (TPSA) is 63.1 Å². The number of benzene rings is 1. The number of allylic oxidation sites excluding steroid dienone is 2. The van der Waals surface area contributed by atoms with Gasteiger partial charge >= 0.3 is 0 Å². The van der Waals surface area contributed by atoms with Crippen molar-refractivity contribution in [3.63, 3.8) is 0 Å². The number of nitrogens with zero attached hydrogens (tertiary/aromatic N) is 2. The molecular weight excluding hydrogens is 354 g/mol. The highest BCUT2D eigenvalue weighted by atomic mass is 16.5. The zero-order chi connectivity index (χ0) is 19.9. The van der Waals surface area contributed by atoms with Crippen molar-refractivity contribution in [1.29, 1.82) is 0 Å². The first-order valence-corrected chi connectivity index (χ1v) is 9.77. The van der Waals surface area contributed by atoms with Crippen LogP contribution in [0.3, 0.4) is 0 Å². The maximum absolute atomic E-state index is 11.5. The number of aliphatic imine (C=N–C) groups is 1. The summed E-state index contributed by atoms with van der Waals surface area (Å²) in [5.74, 6) is 0.607. The molecule has 0 bridgehead atoms. The zero-order valence-electron chi connectivity index (χ0n) is 16.9. The van der Waals surface area contributed by atoms with Crippen LogP contribution in [0, 0.1) is 0 Å². The van der Waals surface area contributed by atoms with E-state index in [0.717, 1.165) is 34.7 Å². The zero-order valence-corrected chi connectivity index (χ0v) is 16.9. The minimum atomic E-state index is -0.406. The number of fused-ring (bicyclic) bond motifs is 2. The molecule has 0 aliphatic carbocycles. The molecule has 3 heterocycles. The molecule has 28 heavy (non-hydrogen) atoms. The lowest BCUT2D eigenvalue weighted by Gasteiger charge is -2.40. The number of hydroxylamine groups is 3. The van der Waals surface area contributed by atoms with Crippen molar-refractivity contribution < 1.29 is 19.3 Å². The Kier molecular flexibility index (Phi) is 4.97. The summed E-state index contributed by atoms with van der Waals surface area (Å²) < 4.78 is 11.2. The van der Waals surface area contributed by atoms with Gasteiger partial charge in [-0.25, -0.2) is 0 Å². The number of amidine groups is 1. The minimum Gasteiger partial charge on any atom is -0.380 e. The SMILES string of the molecule is CCO[C@H]1C[C@H](c2ccccc2)NC2=C1C(COC)=C[N+]1(O)C2=NC(C)=C1C. The average molecular weight is 382 g/mol. The summed E-state index contributed by atoms with van der Waals surface area (Å²) in [4.78, 5) is 4.72. The number of hydrogen-bond acceptors (Lipinski definition) is 5. The lowest BCUT2D eigenvalue weighted by Crippen LogP contribution is -2.52. The lowest BCUT2D eigenvalue weighted by molar-refractivity contribution is -0.955. The second-order valence-electron chi connectivity index (χ2n) is 7.46. The van der Waals surface area contributed by atoms with Crippen LogP contribution in [-0.4, -0.2) is 42.1 Å². The van der Waals surface area contributed by atoms with Crippen LogP contribution in [-0.2, 0) is 9.47 Å². The number of nitrogens with one attached hydrogen (secondary N) is 1. The van der Waals surface area contributed by atoms with Crippen molar-refractivity contribution in [1.82, 2.24) is 5.32 Å². The summed E-state index contributed by atoms with van der Waals surface area (Å²) in [5, 5.41) is 15.1. The van der Waals surface area contributed by atoms with Crippen LogP contribution in [0.4, 0.5) is 0 Å². The van der Waals surface area contributed by atoms with Crippen molar-refractivity contribution in [2.75, 3.05) is 20.3 Å². The van der Waals surface area contributed by atoms with E-state index in [9.17, 15) is 5.21 Å². The second-order valence-corrected chi connectivity index (χ2v) is 7.46.